The molecule has 2 aromatic heterocycles. The zero-order valence-corrected chi connectivity index (χ0v) is 10.8. The minimum absolute atomic E-state index is 0.120. The molecule has 0 amide bonds. The van der Waals surface area contributed by atoms with Crippen LogP contribution in [0.3, 0.4) is 0 Å². The molecule has 16 heavy (non-hydrogen) atoms. The zero-order chi connectivity index (χ0) is 11.4. The van der Waals surface area contributed by atoms with E-state index in [4.69, 9.17) is 5.84 Å². The Morgan fingerprint density at radius 3 is 2.81 bits per heavy atom. The molecule has 0 aromatic carbocycles. The van der Waals surface area contributed by atoms with E-state index in [1.807, 2.05) is 22.2 Å². The van der Waals surface area contributed by atoms with Crippen LogP contribution in [0.5, 0.6) is 0 Å². The van der Waals surface area contributed by atoms with E-state index in [2.05, 4.69) is 29.5 Å². The van der Waals surface area contributed by atoms with Gasteiger partial charge in [-0.2, -0.15) is 0 Å². The van der Waals surface area contributed by atoms with E-state index < -0.39 is 0 Å². The van der Waals surface area contributed by atoms with Crippen LogP contribution >= 0.6 is 22.7 Å². The number of hydrogen-bond acceptors (Lipinski definition) is 5. The first-order chi connectivity index (χ1) is 7.83. The molecule has 0 aliphatic rings. The number of aromatic nitrogens is 1. The van der Waals surface area contributed by atoms with E-state index in [0.717, 1.165) is 18.5 Å². The van der Waals surface area contributed by atoms with E-state index in [-0.39, 0.29) is 6.04 Å². The van der Waals surface area contributed by atoms with Crippen LogP contribution in [0.15, 0.2) is 23.0 Å². The summed E-state index contributed by atoms with van der Waals surface area (Å²) in [5.41, 5.74) is 5.70. The zero-order valence-electron chi connectivity index (χ0n) is 9.14. The number of nitrogens with one attached hydrogen (secondary N) is 1. The average Bonchev–Trinajstić information content (AvgIpc) is 2.96. The van der Waals surface area contributed by atoms with E-state index >= 15 is 0 Å². The topological polar surface area (TPSA) is 50.9 Å². The normalized spacial score (nSPS) is 12.9. The highest BCUT2D eigenvalue weighted by Crippen LogP contribution is 2.23. The molecule has 0 radical (unpaired) electrons. The quantitative estimate of drug-likeness (QED) is 0.636. The number of aryl methyl sites for hydroxylation is 1. The lowest BCUT2D eigenvalue weighted by Crippen LogP contribution is -2.29. The van der Waals surface area contributed by atoms with E-state index in [1.54, 1.807) is 11.3 Å². The highest BCUT2D eigenvalue weighted by molar-refractivity contribution is 7.12. The molecule has 0 aliphatic carbocycles. The van der Waals surface area contributed by atoms with Crippen LogP contribution in [0.2, 0.25) is 0 Å². The van der Waals surface area contributed by atoms with Crippen molar-refractivity contribution in [3.63, 3.8) is 0 Å². The number of rotatable bonds is 5. The second-order valence-corrected chi connectivity index (χ2v) is 5.53. The maximum Gasteiger partial charge on any atom is 0.0795 e. The van der Waals surface area contributed by atoms with Crippen LogP contribution in [-0.2, 0) is 12.8 Å². The Morgan fingerprint density at radius 2 is 2.25 bits per heavy atom. The summed E-state index contributed by atoms with van der Waals surface area (Å²) in [5, 5.41) is 2.04. The van der Waals surface area contributed by atoms with E-state index in [0.29, 0.717) is 0 Å². The lowest BCUT2D eigenvalue weighted by atomic mass is 10.1. The molecule has 2 aromatic rings. The average molecular weight is 253 g/mol. The SMILES string of the molecule is CCc1ccc(CC(NN)c2cscn2)s1. The maximum atomic E-state index is 5.57. The van der Waals surface area contributed by atoms with Gasteiger partial charge in [0, 0.05) is 21.6 Å². The van der Waals surface area contributed by atoms with Crippen molar-refractivity contribution < 1.29 is 0 Å². The fourth-order valence-electron chi connectivity index (χ4n) is 1.57. The van der Waals surface area contributed by atoms with Gasteiger partial charge in [-0.1, -0.05) is 6.92 Å². The summed E-state index contributed by atoms with van der Waals surface area (Å²) in [7, 11) is 0. The molecular weight excluding hydrogens is 238 g/mol. The smallest absolute Gasteiger partial charge is 0.0795 e. The van der Waals surface area contributed by atoms with E-state index in [9.17, 15) is 0 Å². The molecule has 1 unspecified atom stereocenters. The van der Waals surface area contributed by atoms with Gasteiger partial charge < -0.3 is 0 Å². The Bertz CT molecular complexity index is 422. The molecule has 5 heteroatoms. The second-order valence-electron chi connectivity index (χ2n) is 3.56. The van der Waals surface area contributed by atoms with Crippen LogP contribution in [0, 0.1) is 0 Å². The van der Waals surface area contributed by atoms with Gasteiger partial charge in [0.15, 0.2) is 0 Å². The van der Waals surface area contributed by atoms with Crippen molar-refractivity contribution in [1.29, 1.82) is 0 Å². The molecule has 2 rings (SSSR count). The van der Waals surface area contributed by atoms with Crippen LogP contribution in [0.4, 0.5) is 0 Å². The van der Waals surface area contributed by atoms with Gasteiger partial charge in [0.1, 0.15) is 0 Å². The van der Waals surface area contributed by atoms with Gasteiger partial charge in [-0.3, -0.25) is 11.3 Å². The number of nitrogens with zero attached hydrogens (tertiary/aromatic N) is 1. The number of hydrogen-bond donors (Lipinski definition) is 2. The van der Waals surface area contributed by atoms with Crippen molar-refractivity contribution in [2.24, 2.45) is 5.84 Å². The lowest BCUT2D eigenvalue weighted by molar-refractivity contribution is 0.544. The van der Waals surface area contributed by atoms with Gasteiger partial charge in [0.2, 0.25) is 0 Å². The molecular formula is C11H15N3S2. The number of thiazole rings is 1. The van der Waals surface area contributed by atoms with Gasteiger partial charge in [-0.15, -0.1) is 22.7 Å². The molecule has 0 fully saturated rings. The first-order valence-corrected chi connectivity index (χ1v) is 7.01. The Labute approximate surface area is 103 Å². The van der Waals surface area contributed by atoms with Gasteiger partial charge >= 0.3 is 0 Å². The number of hydrazine groups is 1. The molecule has 3 nitrogen and oxygen atoms in total. The Hall–Kier alpha value is -0.750. The molecule has 86 valence electrons. The molecule has 0 saturated heterocycles. The predicted molar refractivity (Wildman–Crippen MR) is 69.6 cm³/mol. The second kappa shape index (κ2) is 5.54. The number of nitrogens with two attached hydrogens (primary N) is 1. The molecule has 0 bridgehead atoms. The summed E-state index contributed by atoms with van der Waals surface area (Å²) >= 11 is 3.45. The lowest BCUT2D eigenvalue weighted by Gasteiger charge is -2.11. The van der Waals surface area contributed by atoms with Gasteiger partial charge in [-0.25, -0.2) is 4.98 Å². The van der Waals surface area contributed by atoms with Crippen molar-refractivity contribution in [3.8, 4) is 0 Å². The third kappa shape index (κ3) is 2.68. The Morgan fingerprint density at radius 1 is 1.44 bits per heavy atom. The Kier molecular flexibility index (Phi) is 4.06. The molecule has 2 heterocycles. The highest BCUT2D eigenvalue weighted by Gasteiger charge is 2.13. The number of thiophene rings is 1. The third-order valence-corrected chi connectivity index (χ3v) is 4.34. The summed E-state index contributed by atoms with van der Waals surface area (Å²) < 4.78 is 0. The fraction of sp³-hybridized carbons (Fsp3) is 0.364. The minimum Gasteiger partial charge on any atom is -0.271 e. The maximum absolute atomic E-state index is 5.57. The molecule has 1 atom stereocenters. The Balaban J connectivity index is 2.07. The van der Waals surface area contributed by atoms with Gasteiger partial charge in [-0.05, 0) is 18.6 Å². The van der Waals surface area contributed by atoms with Gasteiger partial charge in [0.05, 0.1) is 17.2 Å². The first-order valence-electron chi connectivity index (χ1n) is 5.25. The summed E-state index contributed by atoms with van der Waals surface area (Å²) in [6.07, 6.45) is 2.01. The van der Waals surface area contributed by atoms with E-state index in [1.165, 1.54) is 9.75 Å². The van der Waals surface area contributed by atoms with Crippen molar-refractivity contribution in [2.45, 2.75) is 25.8 Å². The fourth-order valence-corrected chi connectivity index (χ4v) is 3.18. The summed E-state index contributed by atoms with van der Waals surface area (Å²) in [4.78, 5) is 7.07. The summed E-state index contributed by atoms with van der Waals surface area (Å²) in [6, 6.07) is 4.49. The monoisotopic (exact) mass is 253 g/mol. The van der Waals surface area contributed by atoms with Crippen LogP contribution in [-0.4, -0.2) is 4.98 Å². The largest absolute Gasteiger partial charge is 0.271 e. The minimum atomic E-state index is 0.120. The third-order valence-electron chi connectivity index (χ3n) is 2.48. The van der Waals surface area contributed by atoms with Crippen molar-refractivity contribution in [1.82, 2.24) is 10.4 Å². The van der Waals surface area contributed by atoms with Crippen molar-refractivity contribution in [3.05, 3.63) is 38.5 Å². The highest BCUT2D eigenvalue weighted by atomic mass is 32.1. The van der Waals surface area contributed by atoms with Gasteiger partial charge in [0.25, 0.3) is 0 Å². The summed E-state index contributed by atoms with van der Waals surface area (Å²) in [6.45, 7) is 2.18. The van der Waals surface area contributed by atoms with Crippen molar-refractivity contribution in [2.75, 3.05) is 0 Å². The van der Waals surface area contributed by atoms with Crippen LogP contribution in [0.25, 0.3) is 0 Å². The molecule has 0 spiro atoms. The summed E-state index contributed by atoms with van der Waals surface area (Å²) in [5.74, 6) is 5.57. The molecule has 0 saturated carbocycles. The molecule has 3 N–H and O–H groups in total. The first kappa shape index (κ1) is 11.7. The van der Waals surface area contributed by atoms with Crippen molar-refractivity contribution >= 4 is 22.7 Å². The molecule has 0 aliphatic heterocycles. The van der Waals surface area contributed by atoms with Crippen LogP contribution < -0.4 is 11.3 Å². The predicted octanol–water partition coefficient (Wildman–Crippen LogP) is 2.51. The standard InChI is InChI=1S/C11H15N3S2/c1-2-8-3-4-9(16-8)5-10(14-12)11-6-15-7-13-11/h3-4,6-7,10,14H,2,5,12H2,1H3. The van der Waals surface area contributed by atoms with Crippen LogP contribution in [0.1, 0.15) is 28.4 Å².